The van der Waals surface area contributed by atoms with E-state index < -0.39 is 18.0 Å². The largest absolute Gasteiger partial charge is 0.453 e. The summed E-state index contributed by atoms with van der Waals surface area (Å²) in [6.07, 6.45) is -4.23. The molecule has 4 nitrogen and oxygen atoms in total. The highest BCUT2D eigenvalue weighted by Crippen LogP contribution is 2.39. The van der Waals surface area contributed by atoms with E-state index in [2.05, 4.69) is 15.4 Å². The maximum atomic E-state index is 13.2. The zero-order chi connectivity index (χ0) is 19.2. The van der Waals surface area contributed by atoms with Gasteiger partial charge in [0, 0.05) is 5.02 Å². The molecule has 0 bridgehead atoms. The van der Waals surface area contributed by atoms with Gasteiger partial charge in [0.05, 0.1) is 12.1 Å². The van der Waals surface area contributed by atoms with Gasteiger partial charge in [-0.05, 0) is 41.8 Å². The first-order valence-corrected chi connectivity index (χ1v) is 8.50. The van der Waals surface area contributed by atoms with E-state index in [9.17, 15) is 17.6 Å². The van der Waals surface area contributed by atoms with Gasteiger partial charge < -0.3 is 5.32 Å². The van der Waals surface area contributed by atoms with Crippen molar-refractivity contribution in [3.8, 4) is 0 Å². The molecular weight excluding hydrogens is 384 g/mol. The molecule has 140 valence electrons. The Labute approximate surface area is 156 Å². The fourth-order valence-electron chi connectivity index (χ4n) is 3.17. The van der Waals surface area contributed by atoms with Crippen LogP contribution in [0.3, 0.4) is 0 Å². The minimum Gasteiger partial charge on any atom is -0.348 e. The van der Waals surface area contributed by atoms with Crippen molar-refractivity contribution in [1.82, 2.24) is 14.8 Å². The number of hydrogen-bond donors (Lipinski definition) is 1. The second-order valence-electron chi connectivity index (χ2n) is 6.25. The van der Waals surface area contributed by atoms with Crippen LogP contribution in [0.1, 0.15) is 35.5 Å². The Kier molecular flexibility index (Phi) is 4.30. The number of halogens is 5. The lowest BCUT2D eigenvalue weighted by molar-refractivity contribution is -0.145. The zero-order valence-electron chi connectivity index (χ0n) is 13.7. The molecule has 0 spiro atoms. The number of alkyl halides is 3. The molecule has 0 radical (unpaired) electrons. The predicted octanol–water partition coefficient (Wildman–Crippen LogP) is 5.24. The van der Waals surface area contributed by atoms with Crippen LogP contribution in [-0.4, -0.2) is 14.8 Å². The maximum Gasteiger partial charge on any atom is 0.453 e. The average molecular weight is 397 g/mol. The van der Waals surface area contributed by atoms with E-state index >= 15 is 0 Å². The fourth-order valence-corrected chi connectivity index (χ4v) is 3.30. The number of benzene rings is 2. The van der Waals surface area contributed by atoms with Crippen molar-refractivity contribution in [2.24, 2.45) is 0 Å². The van der Waals surface area contributed by atoms with E-state index in [-0.39, 0.29) is 17.8 Å². The molecule has 4 rings (SSSR count). The summed E-state index contributed by atoms with van der Waals surface area (Å²) in [5, 5.41) is 7.17. The van der Waals surface area contributed by atoms with Crippen molar-refractivity contribution in [2.75, 3.05) is 5.32 Å². The van der Waals surface area contributed by atoms with Gasteiger partial charge >= 0.3 is 6.18 Å². The van der Waals surface area contributed by atoms with Crippen molar-refractivity contribution < 1.29 is 17.6 Å². The molecule has 0 saturated carbocycles. The first-order valence-electron chi connectivity index (χ1n) is 8.12. The number of rotatable bonds is 2. The van der Waals surface area contributed by atoms with Crippen LogP contribution in [0.2, 0.25) is 5.02 Å². The number of nitrogens with one attached hydrogen (secondary N) is 1. The van der Waals surface area contributed by atoms with Crippen LogP contribution >= 0.6 is 11.6 Å². The van der Waals surface area contributed by atoms with Crippen molar-refractivity contribution >= 4 is 17.5 Å². The van der Waals surface area contributed by atoms with Crippen molar-refractivity contribution in [3.05, 3.63) is 76.3 Å². The van der Waals surface area contributed by atoms with Crippen molar-refractivity contribution in [1.29, 1.82) is 0 Å². The molecule has 2 atom stereocenters. The predicted molar refractivity (Wildman–Crippen MR) is 92.0 cm³/mol. The molecule has 1 aromatic heterocycles. The van der Waals surface area contributed by atoms with Gasteiger partial charge in [-0.2, -0.15) is 18.2 Å². The van der Waals surface area contributed by atoms with E-state index in [1.54, 1.807) is 36.4 Å². The maximum absolute atomic E-state index is 13.2. The molecule has 9 heteroatoms. The first kappa shape index (κ1) is 17.8. The smallest absolute Gasteiger partial charge is 0.348 e. The highest BCUT2D eigenvalue weighted by molar-refractivity contribution is 6.30. The van der Waals surface area contributed by atoms with E-state index in [1.165, 1.54) is 16.8 Å². The van der Waals surface area contributed by atoms with Gasteiger partial charge in [-0.3, -0.25) is 0 Å². The summed E-state index contributed by atoms with van der Waals surface area (Å²) in [6, 6.07) is 11.9. The lowest BCUT2D eigenvalue weighted by atomic mass is 9.93. The number of fused-ring (bicyclic) bond motifs is 1. The number of nitrogens with zero attached hydrogens (tertiary/aromatic N) is 3. The van der Waals surface area contributed by atoms with Crippen molar-refractivity contribution in [3.63, 3.8) is 0 Å². The van der Waals surface area contributed by atoms with Crippen LogP contribution in [0.5, 0.6) is 0 Å². The summed E-state index contributed by atoms with van der Waals surface area (Å²) >= 11 is 5.92. The average Bonchev–Trinajstić information content (AvgIpc) is 3.07. The van der Waals surface area contributed by atoms with Gasteiger partial charge in [-0.15, -0.1) is 5.10 Å². The number of anilines is 1. The molecular formula is C18H13ClF4N4. The third-order valence-corrected chi connectivity index (χ3v) is 4.72. The highest BCUT2D eigenvalue weighted by atomic mass is 35.5. The number of hydrogen-bond acceptors (Lipinski definition) is 3. The fraction of sp³-hybridized carbons (Fsp3) is 0.222. The molecule has 1 aliphatic heterocycles. The monoisotopic (exact) mass is 396 g/mol. The Morgan fingerprint density at radius 3 is 2.26 bits per heavy atom. The Balaban J connectivity index is 1.78. The van der Waals surface area contributed by atoms with Gasteiger partial charge in [-0.1, -0.05) is 35.9 Å². The third kappa shape index (κ3) is 3.49. The standard InChI is InChI=1S/C18H13ClF4N4/c19-12-5-1-11(2-6-12)15-9-14(10-3-7-13(20)8-4-10)24-17-25-16(18(21,22)23)26-27(15)17/h1-8,14-15H,9H2,(H,24,25,26)/t14-,15-/m1/s1. The summed E-state index contributed by atoms with van der Waals surface area (Å²) in [7, 11) is 0. The molecule has 2 aromatic carbocycles. The summed E-state index contributed by atoms with van der Waals surface area (Å²) in [6.45, 7) is 0. The van der Waals surface area contributed by atoms with Crippen molar-refractivity contribution in [2.45, 2.75) is 24.7 Å². The van der Waals surface area contributed by atoms with E-state index in [4.69, 9.17) is 11.6 Å². The van der Waals surface area contributed by atoms with Crippen LogP contribution in [0.4, 0.5) is 23.5 Å². The first-order chi connectivity index (χ1) is 12.8. The lowest BCUT2D eigenvalue weighted by Gasteiger charge is -2.31. The Morgan fingerprint density at radius 1 is 1.00 bits per heavy atom. The van der Waals surface area contributed by atoms with Crippen LogP contribution in [0.15, 0.2) is 48.5 Å². The highest BCUT2D eigenvalue weighted by Gasteiger charge is 2.40. The summed E-state index contributed by atoms with van der Waals surface area (Å²) < 4.78 is 53.8. The van der Waals surface area contributed by atoms with Gasteiger partial charge in [0.1, 0.15) is 5.82 Å². The summed E-state index contributed by atoms with van der Waals surface area (Å²) in [4.78, 5) is 3.62. The van der Waals surface area contributed by atoms with Crippen LogP contribution in [-0.2, 0) is 6.18 Å². The molecule has 0 saturated heterocycles. The van der Waals surface area contributed by atoms with Gasteiger partial charge in [-0.25, -0.2) is 9.07 Å². The molecule has 0 aliphatic carbocycles. The normalized spacial score (nSPS) is 19.4. The molecule has 1 aliphatic rings. The van der Waals surface area contributed by atoms with Gasteiger partial charge in [0.25, 0.3) is 5.82 Å². The van der Waals surface area contributed by atoms with Crippen LogP contribution in [0.25, 0.3) is 0 Å². The summed E-state index contributed by atoms with van der Waals surface area (Å²) in [5.74, 6) is -1.57. The number of aromatic nitrogens is 3. The van der Waals surface area contributed by atoms with E-state index in [0.29, 0.717) is 11.4 Å². The Bertz CT molecular complexity index is 951. The second kappa shape index (κ2) is 6.53. The molecule has 0 unspecified atom stereocenters. The van der Waals surface area contributed by atoms with Crippen LogP contribution < -0.4 is 5.32 Å². The molecule has 2 heterocycles. The second-order valence-corrected chi connectivity index (χ2v) is 6.69. The Morgan fingerprint density at radius 2 is 1.63 bits per heavy atom. The Hall–Kier alpha value is -2.61. The zero-order valence-corrected chi connectivity index (χ0v) is 14.5. The van der Waals surface area contributed by atoms with Crippen LogP contribution in [0, 0.1) is 5.82 Å². The SMILES string of the molecule is Fc1ccc([C@H]2C[C@H](c3ccc(Cl)cc3)n3nc(C(F)(F)F)nc3N2)cc1. The van der Waals surface area contributed by atoms with E-state index in [1.807, 2.05) is 0 Å². The summed E-state index contributed by atoms with van der Waals surface area (Å²) in [5.41, 5.74) is 1.51. The van der Waals surface area contributed by atoms with Gasteiger partial charge in [0.2, 0.25) is 5.95 Å². The molecule has 27 heavy (non-hydrogen) atoms. The molecule has 0 amide bonds. The minimum absolute atomic E-state index is 0.0165. The van der Waals surface area contributed by atoms with E-state index in [0.717, 1.165) is 11.1 Å². The minimum atomic E-state index is -4.65. The molecule has 1 N–H and O–H groups in total. The lowest BCUT2D eigenvalue weighted by Crippen LogP contribution is -2.28. The topological polar surface area (TPSA) is 42.7 Å². The molecule has 0 fully saturated rings. The van der Waals surface area contributed by atoms with Gasteiger partial charge in [0.15, 0.2) is 0 Å². The quantitative estimate of drug-likeness (QED) is 0.603. The third-order valence-electron chi connectivity index (χ3n) is 4.47. The molecule has 3 aromatic rings.